The normalized spacial score (nSPS) is 11.7. The van der Waals surface area contributed by atoms with E-state index in [2.05, 4.69) is 4.98 Å². The quantitative estimate of drug-likeness (QED) is 0.252. The van der Waals surface area contributed by atoms with Gasteiger partial charge in [-0.1, -0.05) is 72.4 Å². The highest BCUT2D eigenvalue weighted by atomic mass is 32.2. The van der Waals surface area contributed by atoms with Crippen LogP contribution in [-0.4, -0.2) is 15.3 Å². The van der Waals surface area contributed by atoms with Crippen LogP contribution in [0.1, 0.15) is 46.5 Å². The summed E-state index contributed by atoms with van der Waals surface area (Å²) in [5.74, 6) is 0.622. The lowest BCUT2D eigenvalue weighted by Gasteiger charge is -2.19. The molecule has 0 saturated carbocycles. The molecule has 0 radical (unpaired) electrons. The Morgan fingerprint density at radius 1 is 1.00 bits per heavy atom. The van der Waals surface area contributed by atoms with Crippen LogP contribution in [0.25, 0.3) is 10.9 Å². The second-order valence-electron chi connectivity index (χ2n) is 8.84. The molecule has 4 rings (SSSR count). The Labute approximate surface area is 197 Å². The fourth-order valence-corrected chi connectivity index (χ4v) is 4.63. The molecule has 0 aliphatic rings. The van der Waals surface area contributed by atoms with Gasteiger partial charge in [0, 0.05) is 29.5 Å². The SMILES string of the molecule is Cc1cccc2nc(SCc3ccc(C(=O)c4ccc(C(C)(C)N)cc4)cc3)n(C)c(=O)c12. The number of carbonyl (C=O) groups is 1. The van der Waals surface area contributed by atoms with Gasteiger partial charge in [-0.05, 0) is 43.5 Å². The Balaban J connectivity index is 1.49. The summed E-state index contributed by atoms with van der Waals surface area (Å²) in [5.41, 5.74) is 10.6. The van der Waals surface area contributed by atoms with Crippen molar-refractivity contribution in [3.63, 3.8) is 0 Å². The Hall–Kier alpha value is -3.22. The zero-order valence-corrected chi connectivity index (χ0v) is 20.1. The molecule has 168 valence electrons. The lowest BCUT2D eigenvalue weighted by Crippen LogP contribution is -2.28. The maximum absolute atomic E-state index is 12.8. The third kappa shape index (κ3) is 4.77. The van der Waals surface area contributed by atoms with Gasteiger partial charge >= 0.3 is 0 Å². The molecule has 0 aliphatic carbocycles. The number of thioether (sulfide) groups is 1. The number of benzene rings is 3. The molecule has 0 unspecified atom stereocenters. The van der Waals surface area contributed by atoms with E-state index in [0.717, 1.165) is 16.7 Å². The van der Waals surface area contributed by atoms with Gasteiger partial charge in [0.15, 0.2) is 10.9 Å². The number of aryl methyl sites for hydroxylation is 1. The van der Waals surface area contributed by atoms with Crippen molar-refractivity contribution < 1.29 is 4.79 Å². The number of hydrogen-bond donors (Lipinski definition) is 1. The Morgan fingerprint density at radius 3 is 2.21 bits per heavy atom. The summed E-state index contributed by atoms with van der Waals surface area (Å²) in [5, 5.41) is 1.33. The molecule has 6 heteroatoms. The summed E-state index contributed by atoms with van der Waals surface area (Å²) in [6.45, 7) is 5.80. The van der Waals surface area contributed by atoms with Gasteiger partial charge in [-0.15, -0.1) is 0 Å². The molecule has 5 nitrogen and oxygen atoms in total. The summed E-state index contributed by atoms with van der Waals surface area (Å²) in [6.07, 6.45) is 0. The van der Waals surface area contributed by atoms with Gasteiger partial charge in [0.25, 0.3) is 5.56 Å². The zero-order valence-electron chi connectivity index (χ0n) is 19.3. The first-order chi connectivity index (χ1) is 15.6. The number of aromatic nitrogens is 2. The lowest BCUT2D eigenvalue weighted by atomic mass is 9.93. The van der Waals surface area contributed by atoms with Crippen LogP contribution in [0.3, 0.4) is 0 Å². The third-order valence-electron chi connectivity index (χ3n) is 5.75. The van der Waals surface area contributed by atoms with Gasteiger partial charge in [-0.3, -0.25) is 14.2 Å². The summed E-state index contributed by atoms with van der Waals surface area (Å²) in [4.78, 5) is 30.3. The molecule has 0 aliphatic heterocycles. The highest BCUT2D eigenvalue weighted by molar-refractivity contribution is 7.98. The maximum Gasteiger partial charge on any atom is 0.262 e. The van der Waals surface area contributed by atoms with E-state index in [1.165, 1.54) is 11.8 Å². The number of rotatable bonds is 6. The van der Waals surface area contributed by atoms with Crippen molar-refractivity contribution in [1.82, 2.24) is 9.55 Å². The van der Waals surface area contributed by atoms with E-state index in [1.807, 2.05) is 87.5 Å². The molecule has 1 heterocycles. The molecule has 0 bridgehead atoms. The smallest absolute Gasteiger partial charge is 0.262 e. The zero-order chi connectivity index (χ0) is 23.8. The molecular weight excluding hydrogens is 430 g/mol. The number of nitrogens with zero attached hydrogens (tertiary/aromatic N) is 2. The van der Waals surface area contributed by atoms with Crippen molar-refractivity contribution in [1.29, 1.82) is 0 Å². The Morgan fingerprint density at radius 2 is 1.61 bits per heavy atom. The minimum atomic E-state index is -0.441. The second-order valence-corrected chi connectivity index (χ2v) is 9.78. The highest BCUT2D eigenvalue weighted by Gasteiger charge is 2.16. The predicted molar refractivity (Wildman–Crippen MR) is 135 cm³/mol. The molecule has 0 amide bonds. The monoisotopic (exact) mass is 457 g/mol. The molecular formula is C27H27N3O2S. The fraction of sp³-hybridized carbons (Fsp3) is 0.222. The van der Waals surface area contributed by atoms with E-state index < -0.39 is 5.54 Å². The fourth-order valence-electron chi connectivity index (χ4n) is 3.70. The van der Waals surface area contributed by atoms with Gasteiger partial charge in [-0.25, -0.2) is 4.98 Å². The lowest BCUT2D eigenvalue weighted by molar-refractivity contribution is 0.103. The third-order valence-corrected chi connectivity index (χ3v) is 6.85. The molecule has 0 atom stereocenters. The summed E-state index contributed by atoms with van der Waals surface area (Å²) in [7, 11) is 1.75. The molecule has 0 saturated heterocycles. The molecule has 33 heavy (non-hydrogen) atoms. The van der Waals surface area contributed by atoms with E-state index >= 15 is 0 Å². The van der Waals surface area contributed by atoms with Crippen LogP contribution >= 0.6 is 11.8 Å². The largest absolute Gasteiger partial charge is 0.322 e. The molecule has 1 aromatic heterocycles. The Bertz CT molecular complexity index is 1380. The van der Waals surface area contributed by atoms with Crippen molar-refractivity contribution in [3.8, 4) is 0 Å². The van der Waals surface area contributed by atoms with Crippen molar-refractivity contribution in [3.05, 3.63) is 105 Å². The van der Waals surface area contributed by atoms with Crippen LogP contribution in [0.4, 0.5) is 0 Å². The number of fused-ring (bicyclic) bond motifs is 1. The number of nitrogens with two attached hydrogens (primary N) is 1. The molecule has 0 fully saturated rings. The maximum atomic E-state index is 12.8. The number of carbonyl (C=O) groups excluding carboxylic acids is 1. The van der Waals surface area contributed by atoms with E-state index in [1.54, 1.807) is 11.6 Å². The first-order valence-electron chi connectivity index (χ1n) is 10.8. The van der Waals surface area contributed by atoms with Crippen molar-refractivity contribution in [2.75, 3.05) is 0 Å². The predicted octanol–water partition coefficient (Wildman–Crippen LogP) is 4.96. The summed E-state index contributed by atoms with van der Waals surface area (Å²) < 4.78 is 1.60. The van der Waals surface area contributed by atoms with Gasteiger partial charge in [-0.2, -0.15) is 0 Å². The van der Waals surface area contributed by atoms with Crippen LogP contribution in [0.2, 0.25) is 0 Å². The second kappa shape index (κ2) is 8.96. The standard InChI is InChI=1S/C27H27N3O2S/c1-17-6-5-7-22-23(17)25(32)30(4)26(29-22)33-16-18-8-10-19(11-9-18)24(31)20-12-14-21(15-13-20)27(2,3)28/h5-15H,16,28H2,1-4H3. The van der Waals surface area contributed by atoms with Crippen molar-refractivity contribution in [2.45, 2.75) is 37.2 Å². The van der Waals surface area contributed by atoms with Gasteiger partial charge in [0.1, 0.15) is 0 Å². The Kier molecular flexibility index (Phi) is 6.23. The molecule has 4 aromatic rings. The van der Waals surface area contributed by atoms with Crippen LogP contribution < -0.4 is 11.3 Å². The summed E-state index contributed by atoms with van der Waals surface area (Å²) >= 11 is 1.50. The van der Waals surface area contributed by atoms with Gasteiger partial charge < -0.3 is 5.73 Å². The van der Waals surface area contributed by atoms with Gasteiger partial charge in [0.2, 0.25) is 0 Å². The van der Waals surface area contributed by atoms with E-state index in [0.29, 0.717) is 32.9 Å². The van der Waals surface area contributed by atoms with E-state index in [-0.39, 0.29) is 11.3 Å². The van der Waals surface area contributed by atoms with E-state index in [4.69, 9.17) is 5.73 Å². The van der Waals surface area contributed by atoms with Crippen molar-refractivity contribution >= 4 is 28.4 Å². The average molecular weight is 458 g/mol. The summed E-state index contributed by atoms with van der Waals surface area (Å²) in [6, 6.07) is 20.7. The van der Waals surface area contributed by atoms with Crippen LogP contribution in [-0.2, 0) is 18.3 Å². The van der Waals surface area contributed by atoms with Crippen LogP contribution in [0.15, 0.2) is 76.7 Å². The average Bonchev–Trinajstić information content (AvgIpc) is 2.80. The first kappa shape index (κ1) is 23.0. The molecule has 3 aromatic carbocycles. The number of ketones is 1. The first-order valence-corrected chi connectivity index (χ1v) is 11.8. The minimum Gasteiger partial charge on any atom is -0.322 e. The van der Waals surface area contributed by atoms with E-state index in [9.17, 15) is 9.59 Å². The topological polar surface area (TPSA) is 78.0 Å². The van der Waals surface area contributed by atoms with Crippen LogP contribution in [0, 0.1) is 6.92 Å². The highest BCUT2D eigenvalue weighted by Crippen LogP contribution is 2.24. The molecule has 0 spiro atoms. The van der Waals surface area contributed by atoms with Crippen LogP contribution in [0.5, 0.6) is 0 Å². The minimum absolute atomic E-state index is 0.0236. The van der Waals surface area contributed by atoms with Gasteiger partial charge in [0.05, 0.1) is 10.9 Å². The van der Waals surface area contributed by atoms with Crippen molar-refractivity contribution in [2.24, 2.45) is 12.8 Å². The number of hydrogen-bond acceptors (Lipinski definition) is 5. The molecule has 2 N–H and O–H groups in total.